The summed E-state index contributed by atoms with van der Waals surface area (Å²) in [7, 11) is 0. The van der Waals surface area contributed by atoms with E-state index in [4.69, 9.17) is 13.5 Å². The van der Waals surface area contributed by atoms with Gasteiger partial charge in [0.15, 0.2) is 0 Å². The van der Waals surface area contributed by atoms with Crippen LogP contribution in [0.15, 0.2) is 53.0 Å². The zero-order valence-corrected chi connectivity index (χ0v) is 13.3. The Morgan fingerprint density at radius 1 is 1.15 bits per heavy atom. The second kappa shape index (κ2) is 8.86. The van der Waals surface area contributed by atoms with E-state index in [-0.39, 0.29) is 0 Å². The van der Waals surface area contributed by atoms with Crippen molar-refractivity contribution in [1.29, 1.82) is 0 Å². The molecule has 2 aromatic carbocycles. The Balaban J connectivity index is 0.000000444. The number of nitrogens with two attached hydrogens (primary N) is 1. The predicted octanol–water partition coefficient (Wildman–Crippen LogP) is 3.08. The molecule has 0 fully saturated rings. The number of hydrogen-bond donors (Lipinski definition) is 1. The van der Waals surface area contributed by atoms with E-state index in [2.05, 4.69) is 52.3 Å². The third-order valence-electron chi connectivity index (χ3n) is 2.34. The number of benzene rings is 2. The Bertz CT molecular complexity index is 494. The molecule has 2 aromatic rings. The fraction of sp³-hybridized carbons (Fsp3) is 0.143. The Morgan fingerprint density at radius 3 is 2.15 bits per heavy atom. The van der Waals surface area contributed by atoms with Crippen LogP contribution in [-0.2, 0) is 17.9 Å². The highest BCUT2D eigenvalue weighted by Gasteiger charge is 1.95. The van der Waals surface area contributed by atoms with Crippen molar-refractivity contribution in [2.45, 2.75) is 13.5 Å². The maximum absolute atomic E-state index is 8.78. The van der Waals surface area contributed by atoms with Gasteiger partial charge in [-0.3, -0.25) is 9.35 Å². The molecule has 0 saturated heterocycles. The number of halogens is 1. The minimum absolute atomic E-state index is 0.607. The fourth-order valence-electron chi connectivity index (χ4n) is 1.38. The SMILES string of the molecule is Cc1ccc(OCc2ccc(Br)cc2)cc1.NS(=O)[O-]. The van der Waals surface area contributed by atoms with Gasteiger partial charge < -0.3 is 9.29 Å². The van der Waals surface area contributed by atoms with E-state index >= 15 is 0 Å². The summed E-state index contributed by atoms with van der Waals surface area (Å²) in [6.45, 7) is 2.68. The van der Waals surface area contributed by atoms with Gasteiger partial charge in [0, 0.05) is 15.7 Å². The molecule has 0 saturated carbocycles. The van der Waals surface area contributed by atoms with Gasteiger partial charge in [0.2, 0.25) is 0 Å². The first-order valence-corrected chi connectivity index (χ1v) is 7.68. The monoisotopic (exact) mass is 356 g/mol. The smallest absolute Gasteiger partial charge is 0.119 e. The molecular weight excluding hydrogens is 342 g/mol. The molecule has 0 aromatic heterocycles. The van der Waals surface area contributed by atoms with E-state index in [0.717, 1.165) is 10.2 Å². The minimum Gasteiger partial charge on any atom is -0.760 e. The molecule has 0 spiro atoms. The van der Waals surface area contributed by atoms with Crippen LogP contribution in [0.4, 0.5) is 0 Å². The number of ether oxygens (including phenoxy) is 1. The second-order valence-electron chi connectivity index (χ2n) is 3.99. The summed E-state index contributed by atoms with van der Waals surface area (Å²) < 4.78 is 24.3. The van der Waals surface area contributed by atoms with Gasteiger partial charge in [0.25, 0.3) is 0 Å². The van der Waals surface area contributed by atoms with E-state index < -0.39 is 11.3 Å². The van der Waals surface area contributed by atoms with Gasteiger partial charge >= 0.3 is 0 Å². The molecule has 0 aliphatic rings. The van der Waals surface area contributed by atoms with Gasteiger partial charge in [-0.1, -0.05) is 45.8 Å². The number of aryl methyl sites for hydroxylation is 1. The Hall–Kier alpha value is -1.21. The van der Waals surface area contributed by atoms with Gasteiger partial charge in [-0.15, -0.1) is 0 Å². The highest BCUT2D eigenvalue weighted by molar-refractivity contribution is 9.10. The number of rotatable bonds is 3. The van der Waals surface area contributed by atoms with Crippen molar-refractivity contribution in [2.75, 3.05) is 0 Å². The summed E-state index contributed by atoms with van der Waals surface area (Å²) in [5, 5.41) is 4.03. The molecule has 0 aliphatic carbocycles. The van der Waals surface area contributed by atoms with Crippen LogP contribution >= 0.6 is 15.9 Å². The quantitative estimate of drug-likeness (QED) is 0.858. The molecule has 0 aliphatic heterocycles. The summed E-state index contributed by atoms with van der Waals surface area (Å²) in [4.78, 5) is 0. The molecule has 108 valence electrons. The largest absolute Gasteiger partial charge is 0.760 e. The van der Waals surface area contributed by atoms with Crippen LogP contribution < -0.4 is 9.88 Å². The van der Waals surface area contributed by atoms with Crippen molar-refractivity contribution < 1.29 is 13.5 Å². The lowest BCUT2D eigenvalue weighted by Crippen LogP contribution is -1.97. The zero-order valence-electron chi connectivity index (χ0n) is 10.9. The summed E-state index contributed by atoms with van der Waals surface area (Å²) in [5.41, 5.74) is 2.42. The normalized spacial score (nSPS) is 11.2. The Morgan fingerprint density at radius 2 is 1.65 bits per heavy atom. The highest BCUT2D eigenvalue weighted by Crippen LogP contribution is 2.15. The standard InChI is InChI=1S/C14H13BrO.H3NO2S/c1-11-2-8-14(9-3-11)16-10-12-4-6-13(15)7-5-12;1-4(2)3/h2-9H,10H2,1H3;1H2,(H,2,3)/p-1. The molecule has 6 heteroatoms. The molecule has 0 radical (unpaired) electrons. The van der Waals surface area contributed by atoms with Crippen molar-refractivity contribution in [2.24, 2.45) is 5.14 Å². The Labute approximate surface area is 129 Å². The molecule has 1 atom stereocenters. The van der Waals surface area contributed by atoms with Crippen molar-refractivity contribution >= 4 is 27.2 Å². The topological polar surface area (TPSA) is 75.4 Å². The Kier molecular flexibility index (Phi) is 7.46. The molecule has 2 rings (SSSR count). The predicted molar refractivity (Wildman–Crippen MR) is 82.8 cm³/mol. The lowest BCUT2D eigenvalue weighted by atomic mass is 10.2. The van der Waals surface area contributed by atoms with E-state index in [0.29, 0.717) is 6.61 Å². The van der Waals surface area contributed by atoms with Crippen LogP contribution in [0.2, 0.25) is 0 Å². The van der Waals surface area contributed by atoms with Gasteiger partial charge in [-0.25, -0.2) is 0 Å². The summed E-state index contributed by atoms with van der Waals surface area (Å²) in [6, 6.07) is 16.2. The first-order chi connectivity index (χ1) is 9.47. The minimum atomic E-state index is -2.36. The van der Waals surface area contributed by atoms with Crippen LogP contribution in [0, 0.1) is 6.92 Å². The van der Waals surface area contributed by atoms with Crippen LogP contribution in [0.1, 0.15) is 11.1 Å². The molecule has 20 heavy (non-hydrogen) atoms. The zero-order chi connectivity index (χ0) is 15.0. The molecule has 0 heterocycles. The first-order valence-electron chi connectivity index (χ1n) is 5.75. The molecule has 1 unspecified atom stereocenters. The third-order valence-corrected chi connectivity index (χ3v) is 2.87. The summed E-state index contributed by atoms with van der Waals surface area (Å²) in [5.74, 6) is 0.911. The molecule has 0 bridgehead atoms. The van der Waals surface area contributed by atoms with Crippen molar-refractivity contribution in [1.82, 2.24) is 0 Å². The van der Waals surface area contributed by atoms with E-state index in [1.165, 1.54) is 11.1 Å². The second-order valence-corrected chi connectivity index (χ2v) is 5.43. The summed E-state index contributed by atoms with van der Waals surface area (Å²) >= 11 is 1.05. The van der Waals surface area contributed by atoms with Crippen LogP contribution in [0.5, 0.6) is 5.75 Å². The van der Waals surface area contributed by atoms with Gasteiger partial charge in [-0.2, -0.15) is 0 Å². The maximum Gasteiger partial charge on any atom is 0.119 e. The average molecular weight is 357 g/mol. The van der Waals surface area contributed by atoms with Gasteiger partial charge in [-0.05, 0) is 36.8 Å². The maximum atomic E-state index is 8.78. The van der Waals surface area contributed by atoms with Crippen molar-refractivity contribution in [3.8, 4) is 5.75 Å². The summed E-state index contributed by atoms with van der Waals surface area (Å²) in [6.07, 6.45) is 0. The van der Waals surface area contributed by atoms with Crippen LogP contribution in [-0.4, -0.2) is 8.76 Å². The molecule has 4 nitrogen and oxygen atoms in total. The first kappa shape index (κ1) is 16.8. The fourth-order valence-corrected chi connectivity index (χ4v) is 1.65. The van der Waals surface area contributed by atoms with Crippen molar-refractivity contribution in [3.05, 3.63) is 64.1 Å². The lowest BCUT2D eigenvalue weighted by molar-refractivity contribution is 0.306. The van der Waals surface area contributed by atoms with Crippen LogP contribution in [0.3, 0.4) is 0 Å². The average Bonchev–Trinajstić information content (AvgIpc) is 2.39. The third kappa shape index (κ3) is 7.40. The van der Waals surface area contributed by atoms with Gasteiger partial charge in [0.05, 0.1) is 0 Å². The van der Waals surface area contributed by atoms with Crippen LogP contribution in [0.25, 0.3) is 0 Å². The lowest BCUT2D eigenvalue weighted by Gasteiger charge is -2.06. The van der Waals surface area contributed by atoms with E-state index in [1.54, 1.807) is 0 Å². The van der Waals surface area contributed by atoms with Gasteiger partial charge in [0.1, 0.15) is 12.4 Å². The number of hydrogen-bond acceptors (Lipinski definition) is 3. The highest BCUT2D eigenvalue weighted by atomic mass is 79.9. The molecule has 0 amide bonds. The molecular formula is C14H15BrNO3S-. The van der Waals surface area contributed by atoms with E-state index in [1.807, 2.05) is 24.3 Å². The van der Waals surface area contributed by atoms with E-state index in [9.17, 15) is 0 Å². The van der Waals surface area contributed by atoms with Crippen molar-refractivity contribution in [3.63, 3.8) is 0 Å². The molecule has 2 N–H and O–H groups in total.